The van der Waals surface area contributed by atoms with Crippen molar-refractivity contribution >= 4 is 21.6 Å². The van der Waals surface area contributed by atoms with Crippen LogP contribution in [-0.2, 0) is 17.1 Å². The zero-order valence-corrected chi connectivity index (χ0v) is 11.8. The predicted molar refractivity (Wildman–Crippen MR) is 69.0 cm³/mol. The van der Waals surface area contributed by atoms with Crippen LogP contribution in [0.1, 0.15) is 19.3 Å². The van der Waals surface area contributed by atoms with Gasteiger partial charge in [0.25, 0.3) is 10.0 Å². The summed E-state index contributed by atoms with van der Waals surface area (Å²) >= 11 is 5.83. The number of nitrogens with zero attached hydrogens (tertiary/aromatic N) is 2. The molecule has 1 aliphatic heterocycles. The van der Waals surface area contributed by atoms with Crippen LogP contribution in [0.4, 0.5) is 0 Å². The Kier molecular flexibility index (Phi) is 4.26. The molecule has 0 radical (unpaired) electrons. The fourth-order valence-corrected chi connectivity index (χ4v) is 3.81. The average Bonchev–Trinajstić information content (AvgIpc) is 2.69. The second-order valence-electron chi connectivity index (χ2n) is 4.42. The van der Waals surface area contributed by atoms with Crippen LogP contribution in [0.25, 0.3) is 0 Å². The summed E-state index contributed by atoms with van der Waals surface area (Å²) in [5.41, 5.74) is 0. The van der Waals surface area contributed by atoms with Crippen LogP contribution >= 0.6 is 11.6 Å². The Morgan fingerprint density at radius 3 is 2.94 bits per heavy atom. The summed E-state index contributed by atoms with van der Waals surface area (Å²) < 4.78 is 28.0. The van der Waals surface area contributed by atoms with Crippen LogP contribution in [0.15, 0.2) is 11.2 Å². The molecule has 0 amide bonds. The summed E-state index contributed by atoms with van der Waals surface area (Å²) in [7, 11) is -2.04. The van der Waals surface area contributed by atoms with Gasteiger partial charge in [-0.3, -0.25) is 4.68 Å². The normalized spacial score (nSPS) is 21.1. The van der Waals surface area contributed by atoms with Crippen LogP contribution in [-0.4, -0.2) is 37.3 Å². The van der Waals surface area contributed by atoms with Crippen LogP contribution in [0.3, 0.4) is 0 Å². The van der Waals surface area contributed by atoms with E-state index in [4.69, 9.17) is 11.6 Å². The van der Waals surface area contributed by atoms with Crippen molar-refractivity contribution in [3.8, 4) is 0 Å². The molecule has 0 aromatic carbocycles. The highest BCUT2D eigenvalue weighted by Gasteiger charge is 2.24. The van der Waals surface area contributed by atoms with Crippen LogP contribution in [0.2, 0.25) is 5.02 Å². The molecule has 1 unspecified atom stereocenters. The van der Waals surface area contributed by atoms with Crippen molar-refractivity contribution in [1.82, 2.24) is 19.8 Å². The maximum Gasteiger partial charge on any atom is 0.259 e. The number of hydrogen-bond acceptors (Lipinski definition) is 4. The third-order valence-corrected chi connectivity index (χ3v) is 4.96. The Balaban J connectivity index is 2.03. The van der Waals surface area contributed by atoms with E-state index in [-0.39, 0.29) is 16.1 Å². The Morgan fingerprint density at radius 2 is 2.39 bits per heavy atom. The Hall–Kier alpha value is -0.630. The van der Waals surface area contributed by atoms with Crippen molar-refractivity contribution < 1.29 is 8.42 Å². The van der Waals surface area contributed by atoms with Gasteiger partial charge in [-0.2, -0.15) is 5.10 Å². The van der Waals surface area contributed by atoms with Gasteiger partial charge in [0.15, 0.2) is 5.03 Å². The lowest BCUT2D eigenvalue weighted by Crippen LogP contribution is -2.43. The van der Waals surface area contributed by atoms with E-state index < -0.39 is 10.0 Å². The molecule has 1 aromatic heterocycles. The molecule has 6 nitrogen and oxygen atoms in total. The molecule has 1 atom stereocenters. The summed E-state index contributed by atoms with van der Waals surface area (Å²) in [6.45, 7) is 1.32. The number of aryl methyl sites for hydroxylation is 1. The molecular weight excluding hydrogens is 276 g/mol. The van der Waals surface area contributed by atoms with Crippen molar-refractivity contribution in [3.63, 3.8) is 0 Å². The molecule has 1 saturated heterocycles. The first-order chi connectivity index (χ1) is 8.50. The van der Waals surface area contributed by atoms with Crippen molar-refractivity contribution in [3.05, 3.63) is 11.2 Å². The maximum absolute atomic E-state index is 12.1. The summed E-state index contributed by atoms with van der Waals surface area (Å²) in [5, 5.41) is 7.27. The van der Waals surface area contributed by atoms with Gasteiger partial charge in [0, 0.05) is 19.6 Å². The van der Waals surface area contributed by atoms with Crippen LogP contribution in [0, 0.1) is 0 Å². The van der Waals surface area contributed by atoms with Gasteiger partial charge in [0.05, 0.1) is 11.2 Å². The fraction of sp³-hybridized carbons (Fsp3) is 0.700. The zero-order chi connectivity index (χ0) is 13.2. The van der Waals surface area contributed by atoms with E-state index in [1.54, 1.807) is 7.05 Å². The minimum atomic E-state index is -3.60. The smallest absolute Gasteiger partial charge is 0.259 e. The molecule has 0 aliphatic carbocycles. The quantitative estimate of drug-likeness (QED) is 0.847. The summed E-state index contributed by atoms with van der Waals surface area (Å²) in [6, 6.07) is 0.195. The number of hydrogen-bond donors (Lipinski definition) is 2. The highest BCUT2D eigenvalue weighted by molar-refractivity contribution is 7.89. The number of nitrogens with one attached hydrogen (secondary N) is 2. The van der Waals surface area contributed by atoms with E-state index in [9.17, 15) is 8.42 Å². The molecule has 0 bridgehead atoms. The number of sulfonamides is 1. The van der Waals surface area contributed by atoms with Gasteiger partial charge in [-0.05, 0) is 19.4 Å². The zero-order valence-electron chi connectivity index (χ0n) is 10.2. The van der Waals surface area contributed by atoms with Gasteiger partial charge in [-0.1, -0.05) is 18.0 Å². The summed E-state index contributed by atoms with van der Waals surface area (Å²) in [6.07, 6.45) is 4.60. The molecule has 102 valence electrons. The molecule has 2 heterocycles. The van der Waals surface area contributed by atoms with Gasteiger partial charge in [-0.15, -0.1) is 0 Å². The van der Waals surface area contributed by atoms with Crippen LogP contribution < -0.4 is 10.0 Å². The molecule has 1 aromatic rings. The number of halogens is 1. The largest absolute Gasteiger partial charge is 0.313 e. The number of rotatable bonds is 4. The second-order valence-corrected chi connectivity index (χ2v) is 6.51. The van der Waals surface area contributed by atoms with Crippen molar-refractivity contribution in [2.45, 2.75) is 30.3 Å². The van der Waals surface area contributed by atoms with Gasteiger partial charge < -0.3 is 5.32 Å². The lowest BCUT2D eigenvalue weighted by Gasteiger charge is -2.23. The summed E-state index contributed by atoms with van der Waals surface area (Å²) in [4.78, 5) is 0. The Labute approximate surface area is 112 Å². The molecule has 2 N–H and O–H groups in total. The van der Waals surface area contributed by atoms with E-state index >= 15 is 0 Å². The van der Waals surface area contributed by atoms with Gasteiger partial charge >= 0.3 is 0 Å². The maximum atomic E-state index is 12.1. The third kappa shape index (κ3) is 3.03. The van der Waals surface area contributed by atoms with E-state index in [0.29, 0.717) is 6.54 Å². The third-order valence-electron chi connectivity index (χ3n) is 3.03. The van der Waals surface area contributed by atoms with Gasteiger partial charge in [-0.25, -0.2) is 13.1 Å². The van der Waals surface area contributed by atoms with E-state index in [1.807, 2.05) is 0 Å². The molecule has 1 fully saturated rings. The standard InChI is InChI=1S/C10H17ClN4O2S/c1-15-10(9(11)7-13-15)18(16,17)14-6-8-4-2-3-5-12-8/h7-8,12,14H,2-6H2,1H3. The van der Waals surface area contributed by atoms with Gasteiger partial charge in [0.2, 0.25) is 0 Å². The second kappa shape index (κ2) is 5.56. The Bertz CT molecular complexity index is 488. The first kappa shape index (κ1) is 13.8. The lowest BCUT2D eigenvalue weighted by molar-refractivity contribution is 0.397. The molecule has 0 saturated carbocycles. The fourth-order valence-electron chi connectivity index (χ4n) is 2.08. The molecule has 18 heavy (non-hydrogen) atoms. The molecule has 2 rings (SSSR count). The first-order valence-electron chi connectivity index (χ1n) is 5.91. The predicted octanol–water partition coefficient (Wildman–Crippen LogP) is 0.494. The lowest BCUT2D eigenvalue weighted by atomic mass is 10.1. The van der Waals surface area contributed by atoms with Crippen molar-refractivity contribution in [1.29, 1.82) is 0 Å². The first-order valence-corrected chi connectivity index (χ1v) is 7.77. The number of piperidine rings is 1. The highest BCUT2D eigenvalue weighted by Crippen LogP contribution is 2.19. The minimum absolute atomic E-state index is 0.0139. The SMILES string of the molecule is Cn1ncc(Cl)c1S(=O)(=O)NCC1CCCCN1. The highest BCUT2D eigenvalue weighted by atomic mass is 35.5. The number of aromatic nitrogens is 2. The van der Waals surface area contributed by atoms with Crippen molar-refractivity contribution in [2.75, 3.05) is 13.1 Å². The average molecular weight is 293 g/mol. The molecule has 8 heteroatoms. The van der Waals surface area contributed by atoms with E-state index in [0.717, 1.165) is 25.8 Å². The van der Waals surface area contributed by atoms with E-state index in [2.05, 4.69) is 15.1 Å². The monoisotopic (exact) mass is 292 g/mol. The molecule has 1 aliphatic rings. The topological polar surface area (TPSA) is 76.0 Å². The van der Waals surface area contributed by atoms with E-state index in [1.165, 1.54) is 10.9 Å². The van der Waals surface area contributed by atoms with Gasteiger partial charge in [0.1, 0.15) is 0 Å². The molecular formula is C10H17ClN4O2S. The Morgan fingerprint density at radius 1 is 1.61 bits per heavy atom. The minimum Gasteiger partial charge on any atom is -0.313 e. The van der Waals surface area contributed by atoms with Crippen LogP contribution in [0.5, 0.6) is 0 Å². The van der Waals surface area contributed by atoms with Crippen molar-refractivity contribution in [2.24, 2.45) is 7.05 Å². The molecule has 0 spiro atoms. The summed E-state index contributed by atoms with van der Waals surface area (Å²) in [5.74, 6) is 0.